The van der Waals surface area contributed by atoms with Crippen LogP contribution < -0.4 is 5.63 Å². The van der Waals surface area contributed by atoms with Gasteiger partial charge in [-0.2, -0.15) is 0 Å². The smallest absolute Gasteiger partial charge is 0.349 e. The number of hydrogen-bond acceptors (Lipinski definition) is 5. The van der Waals surface area contributed by atoms with Gasteiger partial charge >= 0.3 is 5.63 Å². The zero-order chi connectivity index (χ0) is 19.7. The molecule has 28 heavy (non-hydrogen) atoms. The minimum Gasteiger partial charge on any atom is -0.422 e. The zero-order valence-corrected chi connectivity index (χ0v) is 15.9. The summed E-state index contributed by atoms with van der Waals surface area (Å²) in [4.78, 5) is 27.1. The summed E-state index contributed by atoms with van der Waals surface area (Å²) in [5, 5.41) is 0.651. The van der Waals surface area contributed by atoms with Gasteiger partial charge in [0.15, 0.2) is 9.84 Å². The summed E-state index contributed by atoms with van der Waals surface area (Å²) < 4.78 is 30.7. The Kier molecular flexibility index (Phi) is 4.77. The van der Waals surface area contributed by atoms with Crippen LogP contribution >= 0.6 is 0 Å². The molecule has 1 aliphatic rings. The van der Waals surface area contributed by atoms with Crippen LogP contribution in [0.3, 0.4) is 0 Å². The molecule has 0 saturated carbocycles. The maximum Gasteiger partial charge on any atom is 0.349 e. The summed E-state index contributed by atoms with van der Waals surface area (Å²) in [6.45, 7) is 0.417. The van der Waals surface area contributed by atoms with Crippen molar-refractivity contribution in [1.29, 1.82) is 0 Å². The van der Waals surface area contributed by atoms with Crippen molar-refractivity contribution >= 4 is 26.7 Å². The molecule has 1 amide bonds. The van der Waals surface area contributed by atoms with Gasteiger partial charge in [-0.05, 0) is 37.1 Å². The Labute approximate surface area is 162 Å². The second-order valence-electron chi connectivity index (χ2n) is 6.87. The van der Waals surface area contributed by atoms with Crippen LogP contribution in [0.4, 0.5) is 0 Å². The van der Waals surface area contributed by atoms with Gasteiger partial charge in [-0.1, -0.05) is 36.4 Å². The molecule has 1 atom stereocenters. The van der Waals surface area contributed by atoms with Gasteiger partial charge in [-0.3, -0.25) is 4.79 Å². The number of nitrogens with zero attached hydrogens (tertiary/aromatic N) is 1. The second-order valence-corrected chi connectivity index (χ2v) is 8.91. The number of benzene rings is 2. The number of carbonyl (C=O) groups is 1. The number of rotatable bonds is 4. The summed E-state index contributed by atoms with van der Waals surface area (Å²) in [5.41, 5.74) is -0.364. The molecule has 2 heterocycles. The van der Waals surface area contributed by atoms with E-state index in [0.717, 1.165) is 0 Å². The van der Waals surface area contributed by atoms with Crippen molar-refractivity contribution in [2.45, 2.75) is 23.8 Å². The van der Waals surface area contributed by atoms with E-state index in [9.17, 15) is 18.0 Å². The number of carbonyl (C=O) groups excluding carboxylic acids is 1. The maximum absolute atomic E-state index is 13.0. The highest BCUT2D eigenvalue weighted by Gasteiger charge is 2.34. The molecule has 0 radical (unpaired) electrons. The quantitative estimate of drug-likeness (QED) is 0.632. The number of likely N-dealkylation sites (tertiary alicyclic amines) is 1. The van der Waals surface area contributed by atoms with Gasteiger partial charge in [0.05, 0.1) is 10.6 Å². The van der Waals surface area contributed by atoms with Crippen LogP contribution in [-0.4, -0.2) is 37.6 Å². The normalized spacial score (nSPS) is 17.1. The van der Waals surface area contributed by atoms with Crippen LogP contribution in [0.25, 0.3) is 11.0 Å². The van der Waals surface area contributed by atoms with Crippen LogP contribution in [0.2, 0.25) is 0 Å². The third kappa shape index (κ3) is 3.45. The average molecular weight is 397 g/mol. The summed E-state index contributed by atoms with van der Waals surface area (Å²) in [7, 11) is -3.53. The molecular weight excluding hydrogens is 378 g/mol. The molecule has 1 aliphatic heterocycles. The third-order valence-electron chi connectivity index (χ3n) is 5.02. The van der Waals surface area contributed by atoms with Crippen molar-refractivity contribution in [2.75, 3.05) is 12.3 Å². The molecule has 4 rings (SSSR count). The Balaban J connectivity index is 1.63. The van der Waals surface area contributed by atoms with Crippen LogP contribution in [-0.2, 0) is 9.84 Å². The van der Waals surface area contributed by atoms with E-state index >= 15 is 0 Å². The van der Waals surface area contributed by atoms with Gasteiger partial charge in [0.25, 0.3) is 5.91 Å². The largest absolute Gasteiger partial charge is 0.422 e. The van der Waals surface area contributed by atoms with Crippen molar-refractivity contribution in [2.24, 2.45) is 0 Å². The number of sulfone groups is 1. The van der Waals surface area contributed by atoms with Gasteiger partial charge in [0.2, 0.25) is 0 Å². The molecule has 0 unspecified atom stereocenters. The molecule has 2 aromatic carbocycles. The predicted octanol–water partition coefficient (Wildman–Crippen LogP) is 2.87. The Morgan fingerprint density at radius 2 is 1.79 bits per heavy atom. The van der Waals surface area contributed by atoms with Crippen molar-refractivity contribution in [3.8, 4) is 0 Å². The maximum atomic E-state index is 13.0. The van der Waals surface area contributed by atoms with Gasteiger partial charge in [0, 0.05) is 18.0 Å². The van der Waals surface area contributed by atoms with Crippen molar-refractivity contribution in [3.63, 3.8) is 0 Å². The molecule has 0 N–H and O–H groups in total. The first kappa shape index (κ1) is 18.4. The molecule has 7 heteroatoms. The lowest BCUT2D eigenvalue weighted by molar-refractivity contribution is 0.0745. The summed E-state index contributed by atoms with van der Waals surface area (Å²) >= 11 is 0. The molecular formula is C21H19NO5S. The molecule has 0 spiro atoms. The highest BCUT2D eigenvalue weighted by molar-refractivity contribution is 7.91. The lowest BCUT2D eigenvalue weighted by Gasteiger charge is -2.24. The SMILES string of the molecule is O=C(c1cc2ccccc2oc1=O)N1CCC[C@H]1CS(=O)(=O)c1ccccc1. The number of amides is 1. The molecule has 6 nitrogen and oxygen atoms in total. The number of para-hydroxylation sites is 1. The lowest BCUT2D eigenvalue weighted by Crippen LogP contribution is -2.41. The molecule has 1 aromatic heterocycles. The molecule has 0 bridgehead atoms. The van der Waals surface area contributed by atoms with Gasteiger partial charge in [-0.15, -0.1) is 0 Å². The monoisotopic (exact) mass is 397 g/mol. The van der Waals surface area contributed by atoms with Crippen LogP contribution in [0.15, 0.2) is 74.8 Å². The minimum atomic E-state index is -3.53. The van der Waals surface area contributed by atoms with E-state index in [2.05, 4.69) is 0 Å². The topological polar surface area (TPSA) is 84.7 Å². The summed E-state index contributed by atoms with van der Waals surface area (Å²) in [6.07, 6.45) is 1.27. The second kappa shape index (κ2) is 7.24. The summed E-state index contributed by atoms with van der Waals surface area (Å²) in [6, 6.07) is 16.2. The molecule has 1 saturated heterocycles. The number of hydrogen-bond donors (Lipinski definition) is 0. The first-order valence-corrected chi connectivity index (χ1v) is 10.7. The van der Waals surface area contributed by atoms with E-state index in [1.165, 1.54) is 11.0 Å². The molecule has 1 fully saturated rings. The fourth-order valence-corrected chi connectivity index (χ4v) is 5.24. The van der Waals surface area contributed by atoms with Crippen molar-refractivity contribution < 1.29 is 17.6 Å². The minimum absolute atomic E-state index is 0.0669. The zero-order valence-electron chi connectivity index (χ0n) is 15.1. The molecule has 144 valence electrons. The van der Waals surface area contributed by atoms with Crippen LogP contribution in [0.1, 0.15) is 23.2 Å². The van der Waals surface area contributed by atoms with Gasteiger partial charge in [-0.25, -0.2) is 13.2 Å². The van der Waals surface area contributed by atoms with Gasteiger partial charge < -0.3 is 9.32 Å². The van der Waals surface area contributed by atoms with Crippen molar-refractivity contribution in [3.05, 3.63) is 76.6 Å². The van der Waals surface area contributed by atoms with E-state index < -0.39 is 27.4 Å². The molecule has 0 aliphatic carbocycles. The highest BCUT2D eigenvalue weighted by atomic mass is 32.2. The highest BCUT2D eigenvalue weighted by Crippen LogP contribution is 2.24. The Hall–Kier alpha value is -2.93. The van der Waals surface area contributed by atoms with E-state index in [0.29, 0.717) is 30.4 Å². The molecule has 3 aromatic rings. The van der Waals surface area contributed by atoms with Crippen molar-refractivity contribution in [1.82, 2.24) is 4.90 Å². The first-order chi connectivity index (χ1) is 13.5. The first-order valence-electron chi connectivity index (χ1n) is 9.07. The van der Waals surface area contributed by atoms with Gasteiger partial charge in [0.1, 0.15) is 11.1 Å². The van der Waals surface area contributed by atoms with Crippen LogP contribution in [0.5, 0.6) is 0 Å². The Morgan fingerprint density at radius 1 is 1.07 bits per heavy atom. The third-order valence-corrected chi connectivity index (χ3v) is 6.84. The fraction of sp³-hybridized carbons (Fsp3) is 0.238. The average Bonchev–Trinajstić information content (AvgIpc) is 3.15. The van der Waals surface area contributed by atoms with Crippen LogP contribution in [0, 0.1) is 0 Å². The Morgan fingerprint density at radius 3 is 2.57 bits per heavy atom. The van der Waals surface area contributed by atoms with E-state index in [-0.39, 0.29) is 16.2 Å². The fourth-order valence-electron chi connectivity index (χ4n) is 3.62. The van der Waals surface area contributed by atoms with E-state index in [4.69, 9.17) is 4.42 Å². The predicted molar refractivity (Wildman–Crippen MR) is 105 cm³/mol. The number of fused-ring (bicyclic) bond motifs is 1. The van der Waals surface area contributed by atoms with E-state index in [1.807, 2.05) is 0 Å². The standard InChI is InChI=1S/C21H19NO5S/c23-20(18-13-15-7-4-5-11-19(15)27-21(18)24)22-12-6-8-16(22)14-28(25,26)17-9-2-1-3-10-17/h1-5,7,9-11,13,16H,6,8,12,14H2/t16-/m0/s1. The lowest BCUT2D eigenvalue weighted by atomic mass is 10.1. The summed E-state index contributed by atoms with van der Waals surface area (Å²) in [5.74, 6) is -0.646. The Bertz CT molecular complexity index is 1180. The van der Waals surface area contributed by atoms with E-state index in [1.54, 1.807) is 54.6 Å².